The molecule has 15 heavy (non-hydrogen) atoms. The Morgan fingerprint density at radius 3 is 2.93 bits per heavy atom. The number of nitrogens with two attached hydrogens (primary N) is 1. The molecule has 2 rings (SSSR count). The van der Waals surface area contributed by atoms with E-state index in [1.807, 2.05) is 24.3 Å². The predicted molar refractivity (Wildman–Crippen MR) is 58.2 cm³/mol. The predicted octanol–water partition coefficient (Wildman–Crippen LogP) is 0.896. The molecule has 0 saturated heterocycles. The first-order valence-electron chi connectivity index (χ1n) is 4.64. The van der Waals surface area contributed by atoms with Crippen molar-refractivity contribution in [2.24, 2.45) is 5.73 Å². The fourth-order valence-electron chi connectivity index (χ4n) is 1.36. The first kappa shape index (κ1) is 9.61. The molecule has 2 aromatic rings. The molecule has 0 spiro atoms. The van der Waals surface area contributed by atoms with Crippen LogP contribution in [-0.2, 0) is 6.54 Å². The van der Waals surface area contributed by atoms with Gasteiger partial charge < -0.3 is 10.7 Å². The van der Waals surface area contributed by atoms with E-state index < -0.39 is 0 Å². The van der Waals surface area contributed by atoms with Crippen LogP contribution < -0.4 is 11.3 Å². The zero-order valence-electron chi connectivity index (χ0n) is 8.10. The molecule has 0 saturated carbocycles. The van der Waals surface area contributed by atoms with Gasteiger partial charge in [-0.05, 0) is 11.6 Å². The van der Waals surface area contributed by atoms with Gasteiger partial charge in [-0.2, -0.15) is 0 Å². The summed E-state index contributed by atoms with van der Waals surface area (Å²) in [6.45, 7) is 0.477. The van der Waals surface area contributed by atoms with Crippen LogP contribution in [0, 0.1) is 0 Å². The van der Waals surface area contributed by atoms with Crippen LogP contribution in [0.2, 0.25) is 0 Å². The fourth-order valence-corrected chi connectivity index (χ4v) is 1.36. The highest BCUT2D eigenvalue weighted by Crippen LogP contribution is 2.14. The fraction of sp³-hybridized carbons (Fsp3) is 0.0909. The molecule has 3 N–H and O–H groups in total. The lowest BCUT2D eigenvalue weighted by molar-refractivity contribution is 1.07. The maximum atomic E-state index is 11.1. The summed E-state index contributed by atoms with van der Waals surface area (Å²) < 4.78 is 0. The minimum atomic E-state index is -0.154. The molecule has 0 bridgehead atoms. The van der Waals surface area contributed by atoms with Crippen LogP contribution in [0.15, 0.2) is 41.3 Å². The summed E-state index contributed by atoms with van der Waals surface area (Å²) >= 11 is 0. The summed E-state index contributed by atoms with van der Waals surface area (Å²) in [7, 11) is 0. The Bertz CT molecular complexity index is 519. The summed E-state index contributed by atoms with van der Waals surface area (Å²) in [5.74, 6) is 0.567. The molecule has 4 heteroatoms. The number of nitrogens with zero attached hydrogens (tertiary/aromatic N) is 1. The average Bonchev–Trinajstić information content (AvgIpc) is 2.29. The number of hydrogen-bond acceptors (Lipinski definition) is 3. The van der Waals surface area contributed by atoms with Crippen LogP contribution in [0.5, 0.6) is 0 Å². The molecule has 1 heterocycles. The molecule has 0 aliphatic rings. The normalized spacial score (nSPS) is 10.2. The SMILES string of the molecule is NCc1cccc(-c2nccc(=O)[nH]2)c1. The maximum absolute atomic E-state index is 11.1. The van der Waals surface area contributed by atoms with E-state index in [0.29, 0.717) is 12.4 Å². The standard InChI is InChI=1S/C11H11N3O/c12-7-8-2-1-3-9(6-8)11-13-5-4-10(15)14-11/h1-6H,7,12H2,(H,13,14,15). The van der Waals surface area contributed by atoms with E-state index in [2.05, 4.69) is 9.97 Å². The summed E-state index contributed by atoms with van der Waals surface area (Å²) in [6, 6.07) is 9.01. The average molecular weight is 201 g/mol. The molecule has 0 fully saturated rings. The zero-order chi connectivity index (χ0) is 10.7. The van der Waals surface area contributed by atoms with Gasteiger partial charge in [-0.25, -0.2) is 4.98 Å². The Morgan fingerprint density at radius 1 is 1.33 bits per heavy atom. The van der Waals surface area contributed by atoms with Crippen molar-refractivity contribution in [2.45, 2.75) is 6.54 Å². The van der Waals surface area contributed by atoms with Crippen molar-refractivity contribution in [3.8, 4) is 11.4 Å². The molecule has 1 aromatic heterocycles. The van der Waals surface area contributed by atoms with E-state index in [-0.39, 0.29) is 5.56 Å². The van der Waals surface area contributed by atoms with Crippen molar-refractivity contribution < 1.29 is 0 Å². The van der Waals surface area contributed by atoms with Crippen LogP contribution in [0.1, 0.15) is 5.56 Å². The van der Waals surface area contributed by atoms with Gasteiger partial charge in [-0.15, -0.1) is 0 Å². The van der Waals surface area contributed by atoms with Crippen molar-refractivity contribution >= 4 is 0 Å². The third kappa shape index (κ3) is 2.11. The van der Waals surface area contributed by atoms with Crippen molar-refractivity contribution in [1.82, 2.24) is 9.97 Å². The zero-order valence-corrected chi connectivity index (χ0v) is 8.10. The van der Waals surface area contributed by atoms with Crippen molar-refractivity contribution in [3.05, 3.63) is 52.4 Å². The number of aromatic amines is 1. The lowest BCUT2D eigenvalue weighted by atomic mass is 10.1. The van der Waals surface area contributed by atoms with E-state index in [1.165, 1.54) is 12.3 Å². The van der Waals surface area contributed by atoms with Gasteiger partial charge in [0.1, 0.15) is 5.82 Å². The van der Waals surface area contributed by atoms with Crippen LogP contribution >= 0.6 is 0 Å². The van der Waals surface area contributed by atoms with E-state index in [9.17, 15) is 4.79 Å². The van der Waals surface area contributed by atoms with E-state index >= 15 is 0 Å². The number of rotatable bonds is 2. The highest BCUT2D eigenvalue weighted by atomic mass is 16.1. The number of H-pyrrole nitrogens is 1. The Labute approximate surface area is 86.8 Å². The van der Waals surface area contributed by atoms with Gasteiger partial charge in [0.05, 0.1) is 0 Å². The highest BCUT2D eigenvalue weighted by Gasteiger charge is 2.00. The van der Waals surface area contributed by atoms with E-state index in [1.54, 1.807) is 0 Å². The molecule has 76 valence electrons. The molecule has 0 radical (unpaired) electrons. The summed E-state index contributed by atoms with van der Waals surface area (Å²) in [6.07, 6.45) is 1.49. The summed E-state index contributed by atoms with van der Waals surface area (Å²) in [5.41, 5.74) is 7.26. The van der Waals surface area contributed by atoms with E-state index in [0.717, 1.165) is 11.1 Å². The Hall–Kier alpha value is -1.94. The van der Waals surface area contributed by atoms with Gasteiger partial charge in [-0.1, -0.05) is 18.2 Å². The monoisotopic (exact) mass is 201 g/mol. The second kappa shape index (κ2) is 4.06. The summed E-state index contributed by atoms with van der Waals surface area (Å²) in [5, 5.41) is 0. The van der Waals surface area contributed by atoms with E-state index in [4.69, 9.17) is 5.73 Å². The van der Waals surface area contributed by atoms with Gasteiger partial charge >= 0.3 is 0 Å². The molecule has 0 aliphatic heterocycles. The van der Waals surface area contributed by atoms with Crippen molar-refractivity contribution in [2.75, 3.05) is 0 Å². The molecular formula is C11H11N3O. The molecular weight excluding hydrogens is 190 g/mol. The third-order valence-electron chi connectivity index (χ3n) is 2.11. The van der Waals surface area contributed by atoms with Crippen LogP contribution in [0.3, 0.4) is 0 Å². The van der Waals surface area contributed by atoms with Crippen LogP contribution in [0.4, 0.5) is 0 Å². The quantitative estimate of drug-likeness (QED) is 0.758. The Morgan fingerprint density at radius 2 is 2.20 bits per heavy atom. The van der Waals surface area contributed by atoms with Gasteiger partial charge in [0.15, 0.2) is 0 Å². The third-order valence-corrected chi connectivity index (χ3v) is 2.11. The van der Waals surface area contributed by atoms with Gasteiger partial charge in [0, 0.05) is 24.4 Å². The largest absolute Gasteiger partial charge is 0.326 e. The van der Waals surface area contributed by atoms with Crippen molar-refractivity contribution in [1.29, 1.82) is 0 Å². The Kier molecular flexibility index (Phi) is 2.60. The molecule has 1 aromatic carbocycles. The second-order valence-electron chi connectivity index (χ2n) is 3.19. The van der Waals surface area contributed by atoms with Crippen LogP contribution in [0.25, 0.3) is 11.4 Å². The molecule has 0 unspecified atom stereocenters. The number of benzene rings is 1. The first-order chi connectivity index (χ1) is 7.29. The topological polar surface area (TPSA) is 71.8 Å². The number of hydrogen-bond donors (Lipinski definition) is 2. The maximum Gasteiger partial charge on any atom is 0.251 e. The molecule has 0 aliphatic carbocycles. The number of nitrogens with one attached hydrogen (secondary N) is 1. The van der Waals surface area contributed by atoms with Gasteiger partial charge in [0.25, 0.3) is 5.56 Å². The lowest BCUT2D eigenvalue weighted by Crippen LogP contribution is -2.06. The lowest BCUT2D eigenvalue weighted by Gasteiger charge is -2.02. The minimum absolute atomic E-state index is 0.154. The van der Waals surface area contributed by atoms with Crippen molar-refractivity contribution in [3.63, 3.8) is 0 Å². The highest BCUT2D eigenvalue weighted by molar-refractivity contribution is 5.55. The van der Waals surface area contributed by atoms with Gasteiger partial charge in [0.2, 0.25) is 0 Å². The minimum Gasteiger partial charge on any atom is -0.326 e. The van der Waals surface area contributed by atoms with Gasteiger partial charge in [-0.3, -0.25) is 4.79 Å². The summed E-state index contributed by atoms with van der Waals surface area (Å²) in [4.78, 5) is 17.9. The second-order valence-corrected chi connectivity index (χ2v) is 3.19. The van der Waals surface area contributed by atoms with Crippen LogP contribution in [-0.4, -0.2) is 9.97 Å². The molecule has 4 nitrogen and oxygen atoms in total. The Balaban J connectivity index is 2.49. The molecule has 0 amide bonds. The smallest absolute Gasteiger partial charge is 0.251 e. The number of aromatic nitrogens is 2. The molecule has 0 atom stereocenters. The first-order valence-corrected chi connectivity index (χ1v) is 4.64.